The summed E-state index contributed by atoms with van der Waals surface area (Å²) in [7, 11) is 1.92. The molecule has 25 heavy (non-hydrogen) atoms. The van der Waals surface area contributed by atoms with Crippen LogP contribution in [0.2, 0.25) is 0 Å². The molecule has 0 aromatic carbocycles. The Kier molecular flexibility index (Phi) is 4.19. The van der Waals surface area contributed by atoms with E-state index < -0.39 is 0 Å². The molecule has 0 spiro atoms. The van der Waals surface area contributed by atoms with E-state index in [1.54, 1.807) is 18.5 Å². The van der Waals surface area contributed by atoms with Gasteiger partial charge in [0.05, 0.1) is 19.3 Å². The molecule has 128 valence electrons. The average molecular weight is 336 g/mol. The fourth-order valence-corrected chi connectivity index (χ4v) is 3.28. The number of hydrogen-bond donors (Lipinski definition) is 1. The van der Waals surface area contributed by atoms with Crippen LogP contribution in [0.1, 0.15) is 16.1 Å². The third-order valence-corrected chi connectivity index (χ3v) is 4.71. The minimum atomic E-state index is -0.154. The van der Waals surface area contributed by atoms with E-state index in [-0.39, 0.29) is 17.9 Å². The number of nitrogens with one attached hydrogen (secondary N) is 1. The van der Waals surface area contributed by atoms with Crippen LogP contribution in [0.25, 0.3) is 11.0 Å². The number of ether oxygens (including phenoxy) is 1. The SMILES string of the molecule is Cn1ccc2ccc(C(=O)N[C@@H]3COC[C@H]3Cc3ccncc3)nc21. The van der Waals surface area contributed by atoms with Gasteiger partial charge in [0.15, 0.2) is 0 Å². The van der Waals surface area contributed by atoms with Gasteiger partial charge in [0.25, 0.3) is 5.91 Å². The van der Waals surface area contributed by atoms with Gasteiger partial charge in [-0.15, -0.1) is 0 Å². The zero-order chi connectivity index (χ0) is 17.2. The van der Waals surface area contributed by atoms with Crippen molar-refractivity contribution in [1.29, 1.82) is 0 Å². The number of fused-ring (bicyclic) bond motifs is 1. The van der Waals surface area contributed by atoms with Crippen LogP contribution in [-0.2, 0) is 18.2 Å². The smallest absolute Gasteiger partial charge is 0.270 e. The predicted octanol–water partition coefficient (Wildman–Crippen LogP) is 1.96. The van der Waals surface area contributed by atoms with E-state index in [4.69, 9.17) is 4.74 Å². The van der Waals surface area contributed by atoms with E-state index in [0.717, 1.165) is 17.5 Å². The lowest BCUT2D eigenvalue weighted by atomic mass is 9.95. The third-order valence-electron chi connectivity index (χ3n) is 4.71. The van der Waals surface area contributed by atoms with Gasteiger partial charge in [0, 0.05) is 36.9 Å². The maximum Gasteiger partial charge on any atom is 0.270 e. The quantitative estimate of drug-likeness (QED) is 0.791. The molecule has 4 heterocycles. The maximum absolute atomic E-state index is 12.6. The van der Waals surface area contributed by atoms with Gasteiger partial charge in [0.2, 0.25) is 0 Å². The number of rotatable bonds is 4. The van der Waals surface area contributed by atoms with Crippen LogP contribution in [-0.4, -0.2) is 39.7 Å². The highest BCUT2D eigenvalue weighted by Crippen LogP contribution is 2.20. The predicted molar refractivity (Wildman–Crippen MR) is 94.2 cm³/mol. The number of aromatic nitrogens is 3. The summed E-state index contributed by atoms with van der Waals surface area (Å²) in [5.74, 6) is 0.100. The summed E-state index contributed by atoms with van der Waals surface area (Å²) in [6.07, 6.45) is 6.38. The van der Waals surface area contributed by atoms with Crippen molar-refractivity contribution in [2.45, 2.75) is 12.5 Å². The van der Waals surface area contributed by atoms with Crippen LogP contribution in [0.15, 0.2) is 48.9 Å². The molecule has 1 amide bonds. The van der Waals surface area contributed by atoms with Gasteiger partial charge < -0.3 is 14.6 Å². The van der Waals surface area contributed by atoms with Crippen molar-refractivity contribution in [3.05, 3.63) is 60.2 Å². The summed E-state index contributed by atoms with van der Waals surface area (Å²) in [4.78, 5) is 21.2. The zero-order valence-corrected chi connectivity index (χ0v) is 14.1. The second-order valence-corrected chi connectivity index (χ2v) is 6.47. The standard InChI is InChI=1S/C19H20N4O2/c1-23-9-6-14-2-3-16(21-18(14)23)19(24)22-17-12-25-11-15(17)10-13-4-7-20-8-5-13/h2-9,15,17H,10-12H2,1H3,(H,22,24)/t15-,17-/m1/s1. The van der Waals surface area contributed by atoms with Crippen LogP contribution in [0.4, 0.5) is 0 Å². The molecule has 1 aliphatic heterocycles. The topological polar surface area (TPSA) is 69.0 Å². The van der Waals surface area contributed by atoms with Gasteiger partial charge >= 0.3 is 0 Å². The minimum absolute atomic E-state index is 0.00780. The third kappa shape index (κ3) is 3.25. The van der Waals surface area contributed by atoms with Crippen LogP contribution >= 0.6 is 0 Å². The number of carbonyl (C=O) groups is 1. The molecule has 2 atom stereocenters. The van der Waals surface area contributed by atoms with E-state index in [0.29, 0.717) is 18.9 Å². The molecule has 1 aliphatic rings. The summed E-state index contributed by atoms with van der Waals surface area (Å²) < 4.78 is 7.51. The van der Waals surface area contributed by atoms with Gasteiger partial charge in [-0.05, 0) is 42.3 Å². The number of pyridine rings is 2. The Balaban J connectivity index is 1.47. The second kappa shape index (κ2) is 6.64. The Morgan fingerprint density at radius 2 is 2.08 bits per heavy atom. The van der Waals surface area contributed by atoms with Crippen LogP contribution < -0.4 is 5.32 Å². The molecule has 0 bridgehead atoms. The van der Waals surface area contributed by atoms with E-state index in [1.165, 1.54) is 5.56 Å². The van der Waals surface area contributed by atoms with Crippen molar-refractivity contribution in [2.75, 3.05) is 13.2 Å². The highest BCUT2D eigenvalue weighted by Gasteiger charge is 2.30. The number of carbonyl (C=O) groups excluding carboxylic acids is 1. The first-order valence-corrected chi connectivity index (χ1v) is 8.40. The van der Waals surface area contributed by atoms with Gasteiger partial charge in [0.1, 0.15) is 11.3 Å². The van der Waals surface area contributed by atoms with Gasteiger partial charge in [-0.2, -0.15) is 0 Å². The molecular weight excluding hydrogens is 316 g/mol. The molecule has 4 rings (SSSR count). The fourth-order valence-electron chi connectivity index (χ4n) is 3.28. The molecule has 0 radical (unpaired) electrons. The maximum atomic E-state index is 12.6. The Bertz CT molecular complexity index is 891. The molecule has 1 fully saturated rings. The summed E-state index contributed by atoms with van der Waals surface area (Å²) >= 11 is 0. The van der Waals surface area contributed by atoms with Crippen LogP contribution in [0.5, 0.6) is 0 Å². The normalized spacial score (nSPS) is 20.0. The Hall–Kier alpha value is -2.73. The van der Waals surface area contributed by atoms with Crippen LogP contribution in [0.3, 0.4) is 0 Å². The first kappa shape index (κ1) is 15.8. The van der Waals surface area contributed by atoms with E-state index in [9.17, 15) is 4.79 Å². The second-order valence-electron chi connectivity index (χ2n) is 6.47. The molecule has 0 unspecified atom stereocenters. The Morgan fingerprint density at radius 3 is 2.92 bits per heavy atom. The van der Waals surface area contributed by atoms with Gasteiger partial charge in [-0.25, -0.2) is 4.98 Å². The lowest BCUT2D eigenvalue weighted by molar-refractivity contribution is 0.0920. The lowest BCUT2D eigenvalue weighted by Gasteiger charge is -2.19. The summed E-state index contributed by atoms with van der Waals surface area (Å²) in [6.45, 7) is 1.19. The molecule has 1 N–H and O–H groups in total. The van der Waals surface area contributed by atoms with Crippen LogP contribution in [0, 0.1) is 5.92 Å². The highest BCUT2D eigenvalue weighted by molar-refractivity contribution is 5.94. The molecule has 3 aromatic rings. The van der Waals surface area contributed by atoms with Crippen molar-refractivity contribution >= 4 is 16.9 Å². The number of aryl methyl sites for hydroxylation is 1. The highest BCUT2D eigenvalue weighted by atomic mass is 16.5. The van der Waals surface area contributed by atoms with Crippen molar-refractivity contribution in [3.63, 3.8) is 0 Å². The average Bonchev–Trinajstić information content (AvgIpc) is 3.22. The molecule has 6 heteroatoms. The van der Waals surface area contributed by atoms with Crippen molar-refractivity contribution < 1.29 is 9.53 Å². The number of amides is 1. The van der Waals surface area contributed by atoms with Crippen molar-refractivity contribution in [2.24, 2.45) is 13.0 Å². The lowest BCUT2D eigenvalue weighted by Crippen LogP contribution is -2.41. The fraction of sp³-hybridized carbons (Fsp3) is 0.316. The summed E-state index contributed by atoms with van der Waals surface area (Å²) in [6, 6.07) is 9.68. The molecule has 0 aliphatic carbocycles. The minimum Gasteiger partial charge on any atom is -0.379 e. The Morgan fingerprint density at radius 1 is 1.24 bits per heavy atom. The summed E-state index contributed by atoms with van der Waals surface area (Å²) in [5.41, 5.74) is 2.45. The van der Waals surface area contributed by atoms with E-state index in [2.05, 4.69) is 15.3 Å². The largest absolute Gasteiger partial charge is 0.379 e. The summed E-state index contributed by atoms with van der Waals surface area (Å²) in [5, 5.41) is 4.12. The molecule has 3 aromatic heterocycles. The molecule has 6 nitrogen and oxygen atoms in total. The Labute approximate surface area is 145 Å². The van der Waals surface area contributed by atoms with E-state index in [1.807, 2.05) is 42.1 Å². The number of nitrogens with zero attached hydrogens (tertiary/aromatic N) is 3. The first-order valence-electron chi connectivity index (χ1n) is 8.40. The first-order chi connectivity index (χ1) is 12.2. The van der Waals surface area contributed by atoms with Gasteiger partial charge in [-0.1, -0.05) is 0 Å². The monoisotopic (exact) mass is 336 g/mol. The number of hydrogen-bond acceptors (Lipinski definition) is 4. The molecular formula is C19H20N4O2. The van der Waals surface area contributed by atoms with Crippen molar-refractivity contribution in [1.82, 2.24) is 19.9 Å². The molecule has 1 saturated heterocycles. The van der Waals surface area contributed by atoms with Gasteiger partial charge in [-0.3, -0.25) is 9.78 Å². The zero-order valence-electron chi connectivity index (χ0n) is 14.1. The molecule has 0 saturated carbocycles. The van der Waals surface area contributed by atoms with Crippen molar-refractivity contribution in [3.8, 4) is 0 Å². The van der Waals surface area contributed by atoms with E-state index >= 15 is 0 Å².